The number of sulfone groups is 1. The van der Waals surface area contributed by atoms with Crippen LogP contribution in [-0.4, -0.2) is 57.6 Å². The van der Waals surface area contributed by atoms with Gasteiger partial charge in [-0.25, -0.2) is 8.42 Å². The van der Waals surface area contributed by atoms with E-state index in [1.54, 1.807) is 32.9 Å². The summed E-state index contributed by atoms with van der Waals surface area (Å²) < 4.78 is 42.1. The average molecular weight is 426 g/mol. The largest absolute Gasteiger partial charge is 0.493 e. The summed E-state index contributed by atoms with van der Waals surface area (Å²) in [6, 6.07) is 6.30. The van der Waals surface area contributed by atoms with Crippen LogP contribution in [0.25, 0.3) is 0 Å². The molecule has 0 radical (unpaired) electrons. The van der Waals surface area contributed by atoms with Gasteiger partial charge in [0.1, 0.15) is 11.4 Å². The van der Waals surface area contributed by atoms with Crippen molar-refractivity contribution in [2.24, 2.45) is 5.41 Å². The number of nitrogens with one attached hydrogen (secondary N) is 1. The lowest BCUT2D eigenvalue weighted by molar-refractivity contribution is -0.160. The summed E-state index contributed by atoms with van der Waals surface area (Å²) in [4.78, 5) is 13.1. The number of hydrogen-bond donors (Lipinski definition) is 1. The fourth-order valence-corrected chi connectivity index (χ4v) is 5.42. The summed E-state index contributed by atoms with van der Waals surface area (Å²) in [5.41, 5.74) is -0.671. The van der Waals surface area contributed by atoms with E-state index in [0.717, 1.165) is 13.1 Å². The first-order chi connectivity index (χ1) is 13.5. The van der Waals surface area contributed by atoms with Gasteiger partial charge in [0.25, 0.3) is 0 Å². The van der Waals surface area contributed by atoms with Crippen molar-refractivity contribution in [2.45, 2.75) is 55.8 Å². The summed E-state index contributed by atoms with van der Waals surface area (Å²) in [7, 11) is -3.97. The molecule has 0 unspecified atom stereocenters. The fourth-order valence-electron chi connectivity index (χ4n) is 3.51. The SMILES string of the molecule is CC1(COc2ccc(S(=O)(=O)C3(C(=O)OC(C)(C)C)CCOCC3)cc2)CNC1. The van der Waals surface area contributed by atoms with Crippen LogP contribution in [0.3, 0.4) is 0 Å². The maximum atomic E-state index is 13.5. The molecular weight excluding hydrogens is 394 g/mol. The highest BCUT2D eigenvalue weighted by Gasteiger charge is 2.54. The second kappa shape index (κ2) is 7.89. The molecular formula is C21H31NO6S. The Bertz CT molecular complexity index is 831. The Morgan fingerprint density at radius 2 is 1.72 bits per heavy atom. The molecule has 2 aliphatic heterocycles. The third-order valence-corrected chi connectivity index (χ3v) is 7.91. The van der Waals surface area contributed by atoms with Crippen LogP contribution in [0.15, 0.2) is 29.2 Å². The molecule has 0 aliphatic carbocycles. The number of benzene rings is 1. The summed E-state index contributed by atoms with van der Waals surface area (Å²) in [6.07, 6.45) is 0.154. The van der Waals surface area contributed by atoms with Crippen LogP contribution in [0.4, 0.5) is 0 Å². The van der Waals surface area contributed by atoms with Crippen LogP contribution < -0.4 is 10.1 Å². The Morgan fingerprint density at radius 3 is 2.21 bits per heavy atom. The van der Waals surface area contributed by atoms with E-state index in [9.17, 15) is 13.2 Å². The minimum absolute atomic E-state index is 0.0772. The Balaban J connectivity index is 1.83. The molecule has 2 aliphatic rings. The van der Waals surface area contributed by atoms with E-state index in [1.165, 1.54) is 12.1 Å². The van der Waals surface area contributed by atoms with Crippen molar-refractivity contribution in [3.63, 3.8) is 0 Å². The molecule has 162 valence electrons. The smallest absolute Gasteiger partial charge is 0.328 e. The van der Waals surface area contributed by atoms with E-state index in [1.807, 2.05) is 0 Å². The predicted octanol–water partition coefficient (Wildman–Crippen LogP) is 2.34. The molecule has 1 aromatic rings. The van der Waals surface area contributed by atoms with Crippen LogP contribution in [0.5, 0.6) is 5.75 Å². The van der Waals surface area contributed by atoms with Crippen LogP contribution in [0.1, 0.15) is 40.5 Å². The molecule has 7 nitrogen and oxygen atoms in total. The van der Waals surface area contributed by atoms with Crippen LogP contribution in [-0.2, 0) is 24.1 Å². The van der Waals surface area contributed by atoms with Crippen LogP contribution in [0.2, 0.25) is 0 Å². The van der Waals surface area contributed by atoms with Crippen molar-refractivity contribution in [1.29, 1.82) is 0 Å². The molecule has 0 amide bonds. The van der Waals surface area contributed by atoms with Gasteiger partial charge in [-0.2, -0.15) is 0 Å². The Kier molecular flexibility index (Phi) is 6.00. The van der Waals surface area contributed by atoms with Crippen LogP contribution in [0, 0.1) is 5.41 Å². The minimum atomic E-state index is -3.97. The molecule has 3 rings (SSSR count). The topological polar surface area (TPSA) is 90.9 Å². The van der Waals surface area contributed by atoms with Crippen molar-refractivity contribution in [3.05, 3.63) is 24.3 Å². The quantitative estimate of drug-likeness (QED) is 0.700. The first-order valence-corrected chi connectivity index (χ1v) is 11.5. The molecule has 8 heteroatoms. The summed E-state index contributed by atoms with van der Waals surface area (Å²) in [6.45, 7) is 10.1. The highest BCUT2D eigenvalue weighted by atomic mass is 32.2. The molecule has 0 spiro atoms. The molecule has 0 atom stereocenters. The van der Waals surface area contributed by atoms with E-state index in [-0.39, 0.29) is 36.4 Å². The van der Waals surface area contributed by atoms with Gasteiger partial charge in [-0.15, -0.1) is 0 Å². The molecule has 0 aromatic heterocycles. The van der Waals surface area contributed by atoms with Crippen molar-refractivity contribution in [1.82, 2.24) is 5.32 Å². The van der Waals surface area contributed by atoms with Gasteiger partial charge in [-0.05, 0) is 45.0 Å². The van der Waals surface area contributed by atoms with Gasteiger partial charge in [0.2, 0.25) is 0 Å². The highest BCUT2D eigenvalue weighted by molar-refractivity contribution is 7.93. The molecule has 2 saturated heterocycles. The van der Waals surface area contributed by atoms with Crippen molar-refractivity contribution < 1.29 is 27.4 Å². The minimum Gasteiger partial charge on any atom is -0.493 e. The zero-order valence-electron chi connectivity index (χ0n) is 17.6. The van der Waals surface area contributed by atoms with E-state index in [0.29, 0.717) is 12.4 Å². The normalized spacial score (nSPS) is 21.1. The maximum Gasteiger partial charge on any atom is 0.328 e. The zero-order chi connectivity index (χ0) is 21.3. The Hall–Kier alpha value is -1.64. The number of ether oxygens (including phenoxy) is 3. The summed E-state index contributed by atoms with van der Waals surface area (Å²) in [5.74, 6) is -0.102. The Morgan fingerprint density at radius 1 is 1.14 bits per heavy atom. The van der Waals surface area contributed by atoms with Crippen molar-refractivity contribution >= 4 is 15.8 Å². The standard InChI is InChI=1S/C21H31NO6S/c1-19(2,3)28-18(23)21(9-11-26-12-10-21)29(24,25)17-7-5-16(6-8-17)27-15-20(4)13-22-14-20/h5-8,22H,9-15H2,1-4H3. The summed E-state index contributed by atoms with van der Waals surface area (Å²) >= 11 is 0. The second-order valence-electron chi connectivity index (χ2n) is 9.29. The first kappa shape index (κ1) is 22.1. The molecule has 0 saturated carbocycles. The molecule has 0 bridgehead atoms. The Labute approximate surface area is 173 Å². The first-order valence-electron chi connectivity index (χ1n) is 9.97. The third-order valence-electron chi connectivity index (χ3n) is 5.41. The van der Waals surface area contributed by atoms with Gasteiger partial charge in [0, 0.05) is 44.6 Å². The number of hydrogen-bond acceptors (Lipinski definition) is 7. The lowest BCUT2D eigenvalue weighted by atomic mass is 9.85. The molecule has 29 heavy (non-hydrogen) atoms. The number of esters is 1. The van der Waals surface area contributed by atoms with Gasteiger partial charge >= 0.3 is 5.97 Å². The van der Waals surface area contributed by atoms with Gasteiger partial charge in [0.05, 0.1) is 11.5 Å². The van der Waals surface area contributed by atoms with E-state index >= 15 is 0 Å². The van der Waals surface area contributed by atoms with Gasteiger partial charge in [-0.1, -0.05) is 6.92 Å². The van der Waals surface area contributed by atoms with Crippen molar-refractivity contribution in [3.8, 4) is 5.75 Å². The van der Waals surface area contributed by atoms with Gasteiger partial charge < -0.3 is 19.5 Å². The molecule has 1 aromatic carbocycles. The maximum absolute atomic E-state index is 13.5. The summed E-state index contributed by atoms with van der Waals surface area (Å²) in [5, 5.41) is 3.22. The van der Waals surface area contributed by atoms with E-state index in [4.69, 9.17) is 14.2 Å². The monoisotopic (exact) mass is 425 g/mol. The average Bonchev–Trinajstić information content (AvgIpc) is 2.64. The van der Waals surface area contributed by atoms with E-state index in [2.05, 4.69) is 12.2 Å². The number of rotatable bonds is 6. The lowest BCUT2D eigenvalue weighted by Crippen LogP contribution is -2.54. The second-order valence-corrected chi connectivity index (χ2v) is 11.5. The molecule has 1 N–H and O–H groups in total. The van der Waals surface area contributed by atoms with E-state index < -0.39 is 26.2 Å². The van der Waals surface area contributed by atoms with Crippen LogP contribution >= 0.6 is 0 Å². The lowest BCUT2D eigenvalue weighted by Gasteiger charge is -2.38. The molecule has 2 heterocycles. The van der Waals surface area contributed by atoms with Gasteiger partial charge in [0.15, 0.2) is 14.6 Å². The molecule has 2 fully saturated rings. The van der Waals surface area contributed by atoms with Gasteiger partial charge in [-0.3, -0.25) is 4.79 Å². The van der Waals surface area contributed by atoms with Crippen molar-refractivity contribution in [2.75, 3.05) is 32.9 Å². The highest BCUT2D eigenvalue weighted by Crippen LogP contribution is 2.37. The third kappa shape index (κ3) is 4.59. The number of carbonyl (C=O) groups excluding carboxylic acids is 1. The predicted molar refractivity (Wildman–Crippen MR) is 109 cm³/mol. The fraction of sp³-hybridized carbons (Fsp3) is 0.667. The number of carbonyl (C=O) groups is 1. The zero-order valence-corrected chi connectivity index (χ0v) is 18.4.